The summed E-state index contributed by atoms with van der Waals surface area (Å²) in [7, 11) is 0. The smallest absolute Gasteiger partial charge is 0.334 e. The summed E-state index contributed by atoms with van der Waals surface area (Å²) in [6, 6.07) is 0. The van der Waals surface area contributed by atoms with Crippen molar-refractivity contribution in [2.45, 2.75) is 51.9 Å². The molecule has 0 spiro atoms. The van der Waals surface area contributed by atoms with E-state index in [1.165, 1.54) is 0 Å². The molecule has 1 N–H and O–H groups in total. The monoisotopic (exact) mass is 350 g/mol. The Hall–Kier alpha value is -1.50. The van der Waals surface area contributed by atoms with Crippen molar-refractivity contribution < 1.29 is 29.2 Å². The van der Waals surface area contributed by atoms with Crippen molar-refractivity contribution in [1.29, 1.82) is 0 Å². The standard InChI is InChI=1S/C19H26O6/c1-9(2)8-23-13-7-19(5,25-22)16-12(20)6-10(3)14(16)17-15(13)11(4)18(21)24-17/h6,9,13-17,22H,4,7-8H2,1-3,5H3. The predicted octanol–water partition coefficient (Wildman–Crippen LogP) is 2.54. The van der Waals surface area contributed by atoms with Crippen molar-refractivity contribution in [2.24, 2.45) is 23.7 Å². The lowest BCUT2D eigenvalue weighted by atomic mass is 9.76. The lowest BCUT2D eigenvalue weighted by molar-refractivity contribution is -0.336. The van der Waals surface area contributed by atoms with Crippen molar-refractivity contribution in [2.75, 3.05) is 6.61 Å². The van der Waals surface area contributed by atoms with Crippen molar-refractivity contribution in [3.05, 3.63) is 23.8 Å². The maximum absolute atomic E-state index is 12.6. The average molecular weight is 350 g/mol. The third-order valence-corrected chi connectivity index (χ3v) is 5.69. The van der Waals surface area contributed by atoms with Gasteiger partial charge < -0.3 is 9.47 Å². The first-order chi connectivity index (χ1) is 11.7. The highest BCUT2D eigenvalue weighted by Gasteiger charge is 2.61. The van der Waals surface area contributed by atoms with Crippen LogP contribution in [0.4, 0.5) is 0 Å². The van der Waals surface area contributed by atoms with Crippen molar-refractivity contribution in [3.63, 3.8) is 0 Å². The van der Waals surface area contributed by atoms with E-state index in [2.05, 4.69) is 6.58 Å². The van der Waals surface area contributed by atoms with Crippen LogP contribution in [0.15, 0.2) is 23.8 Å². The van der Waals surface area contributed by atoms with Crippen LogP contribution in [0.3, 0.4) is 0 Å². The number of esters is 1. The van der Waals surface area contributed by atoms with Gasteiger partial charge in [0.1, 0.15) is 11.7 Å². The molecule has 1 aliphatic heterocycles. The molecule has 0 aromatic carbocycles. The molecule has 6 nitrogen and oxygen atoms in total. The maximum Gasteiger partial charge on any atom is 0.334 e. The van der Waals surface area contributed by atoms with Gasteiger partial charge >= 0.3 is 5.97 Å². The normalized spacial score (nSPS) is 40.6. The van der Waals surface area contributed by atoms with Crippen LogP contribution in [-0.4, -0.2) is 41.4 Å². The van der Waals surface area contributed by atoms with Gasteiger partial charge in [-0.1, -0.05) is 26.0 Å². The summed E-state index contributed by atoms with van der Waals surface area (Å²) in [5.41, 5.74) is 0.0847. The SMILES string of the molecule is C=C1C(=O)OC2C1C(OCC(C)C)CC(C)(OO)C1C(=O)C=C(C)C21. The van der Waals surface area contributed by atoms with Crippen LogP contribution in [-0.2, 0) is 24.0 Å². The van der Waals surface area contributed by atoms with Gasteiger partial charge in [0, 0.05) is 24.5 Å². The van der Waals surface area contributed by atoms with Crippen LogP contribution in [0.5, 0.6) is 0 Å². The van der Waals surface area contributed by atoms with Crippen LogP contribution in [0, 0.1) is 23.7 Å². The highest BCUT2D eigenvalue weighted by Crippen LogP contribution is 2.52. The molecule has 0 bridgehead atoms. The molecular formula is C19H26O6. The second kappa shape index (κ2) is 6.34. The molecule has 0 aromatic rings. The maximum atomic E-state index is 12.6. The third-order valence-electron chi connectivity index (χ3n) is 5.69. The molecule has 3 aliphatic rings. The van der Waals surface area contributed by atoms with E-state index in [1.54, 1.807) is 13.0 Å². The molecule has 0 amide bonds. The van der Waals surface area contributed by atoms with Crippen LogP contribution < -0.4 is 0 Å². The summed E-state index contributed by atoms with van der Waals surface area (Å²) in [5.74, 6) is -1.56. The minimum absolute atomic E-state index is 0.115. The number of hydrogen-bond donors (Lipinski definition) is 1. The fourth-order valence-electron chi connectivity index (χ4n) is 4.55. The Morgan fingerprint density at radius 2 is 2.08 bits per heavy atom. The molecule has 6 atom stereocenters. The van der Waals surface area contributed by atoms with Gasteiger partial charge in [0.2, 0.25) is 0 Å². The lowest BCUT2D eigenvalue weighted by Crippen LogP contribution is -2.45. The average Bonchev–Trinajstić information content (AvgIpc) is 2.95. The zero-order valence-corrected chi connectivity index (χ0v) is 15.2. The first kappa shape index (κ1) is 18.3. The van der Waals surface area contributed by atoms with E-state index >= 15 is 0 Å². The number of carbonyl (C=O) groups is 2. The summed E-state index contributed by atoms with van der Waals surface area (Å²) in [6.45, 7) is 12.0. The summed E-state index contributed by atoms with van der Waals surface area (Å²) in [6.07, 6.45) is 0.895. The molecule has 6 heteroatoms. The van der Waals surface area contributed by atoms with Gasteiger partial charge in [-0.3, -0.25) is 10.1 Å². The highest BCUT2D eigenvalue weighted by atomic mass is 17.1. The lowest BCUT2D eigenvalue weighted by Gasteiger charge is -2.35. The van der Waals surface area contributed by atoms with E-state index in [-0.39, 0.29) is 24.0 Å². The van der Waals surface area contributed by atoms with Gasteiger partial charge in [-0.2, -0.15) is 0 Å². The Labute approximate surface area is 147 Å². The second-order valence-electron chi connectivity index (χ2n) is 8.09. The van der Waals surface area contributed by atoms with Gasteiger partial charge in [0.15, 0.2) is 5.78 Å². The Bertz CT molecular complexity index is 636. The van der Waals surface area contributed by atoms with Crippen LogP contribution in [0.2, 0.25) is 0 Å². The van der Waals surface area contributed by atoms with E-state index in [4.69, 9.17) is 14.4 Å². The molecule has 25 heavy (non-hydrogen) atoms. The molecule has 0 radical (unpaired) electrons. The molecule has 2 aliphatic carbocycles. The minimum atomic E-state index is -1.12. The van der Waals surface area contributed by atoms with E-state index in [0.29, 0.717) is 18.1 Å². The topological polar surface area (TPSA) is 82.1 Å². The fraction of sp³-hybridized carbons (Fsp3) is 0.684. The van der Waals surface area contributed by atoms with E-state index in [1.807, 2.05) is 20.8 Å². The molecule has 1 heterocycles. The molecule has 6 unspecified atom stereocenters. The molecule has 0 aromatic heterocycles. The number of rotatable bonds is 4. The van der Waals surface area contributed by atoms with E-state index < -0.39 is 29.7 Å². The molecule has 138 valence electrons. The van der Waals surface area contributed by atoms with Gasteiger partial charge in [-0.15, -0.1) is 0 Å². The summed E-state index contributed by atoms with van der Waals surface area (Å²) in [5, 5.41) is 9.64. The predicted molar refractivity (Wildman–Crippen MR) is 89.6 cm³/mol. The zero-order valence-electron chi connectivity index (χ0n) is 15.2. The summed E-state index contributed by atoms with van der Waals surface area (Å²) < 4.78 is 11.7. The summed E-state index contributed by atoms with van der Waals surface area (Å²) >= 11 is 0. The first-order valence-corrected chi connectivity index (χ1v) is 8.75. The number of ether oxygens (including phenoxy) is 2. The van der Waals surface area contributed by atoms with Crippen LogP contribution in [0.1, 0.15) is 34.1 Å². The largest absolute Gasteiger partial charge is 0.458 e. The van der Waals surface area contributed by atoms with Crippen molar-refractivity contribution >= 4 is 11.8 Å². The molecule has 3 rings (SSSR count). The number of ketones is 1. The van der Waals surface area contributed by atoms with Gasteiger partial charge in [-0.25, -0.2) is 9.68 Å². The summed E-state index contributed by atoms with van der Waals surface area (Å²) in [4.78, 5) is 29.6. The number of carbonyl (C=O) groups excluding carboxylic acids is 2. The van der Waals surface area contributed by atoms with Crippen molar-refractivity contribution in [3.8, 4) is 0 Å². The van der Waals surface area contributed by atoms with Crippen LogP contribution >= 0.6 is 0 Å². The molecule has 1 saturated heterocycles. The number of hydrogen-bond acceptors (Lipinski definition) is 6. The molecular weight excluding hydrogens is 324 g/mol. The Morgan fingerprint density at radius 1 is 1.40 bits per heavy atom. The quantitative estimate of drug-likeness (QED) is 0.363. The first-order valence-electron chi connectivity index (χ1n) is 8.75. The third kappa shape index (κ3) is 2.86. The highest BCUT2D eigenvalue weighted by molar-refractivity contribution is 5.97. The van der Waals surface area contributed by atoms with E-state index in [9.17, 15) is 14.8 Å². The van der Waals surface area contributed by atoms with E-state index in [0.717, 1.165) is 5.57 Å². The van der Waals surface area contributed by atoms with Gasteiger partial charge in [0.25, 0.3) is 0 Å². The van der Waals surface area contributed by atoms with Gasteiger partial charge in [0.05, 0.1) is 17.9 Å². The molecule has 1 saturated carbocycles. The number of allylic oxidation sites excluding steroid dienone is 1. The van der Waals surface area contributed by atoms with Crippen molar-refractivity contribution in [1.82, 2.24) is 0 Å². The Kier molecular flexibility index (Phi) is 4.64. The number of fused-ring (bicyclic) bond motifs is 3. The Balaban J connectivity index is 2.05. The minimum Gasteiger partial charge on any atom is -0.458 e. The second-order valence-corrected chi connectivity index (χ2v) is 8.09. The molecule has 2 fully saturated rings. The fourth-order valence-corrected chi connectivity index (χ4v) is 4.55. The van der Waals surface area contributed by atoms with Gasteiger partial charge in [-0.05, 0) is 25.8 Å². The Morgan fingerprint density at radius 3 is 2.68 bits per heavy atom. The zero-order chi connectivity index (χ0) is 18.5. The van der Waals surface area contributed by atoms with Crippen LogP contribution in [0.25, 0.3) is 0 Å².